The lowest BCUT2D eigenvalue weighted by Gasteiger charge is -2.15. The standard InChI is InChI=1S/C16H19N3OS/c1-10-8-11(2)19-16(14(10)15(17)21)18-9-12-6-4-5-7-13(12)20-3/h4-8H,9H2,1-3H3,(H2,17,21)(H,18,19). The molecule has 1 aromatic carbocycles. The van der Waals surface area contributed by atoms with Gasteiger partial charge in [-0.1, -0.05) is 30.4 Å². The molecule has 21 heavy (non-hydrogen) atoms. The SMILES string of the molecule is COc1ccccc1CNc1nc(C)cc(C)c1C(N)=S. The lowest BCUT2D eigenvalue weighted by atomic mass is 10.1. The molecular weight excluding hydrogens is 282 g/mol. The topological polar surface area (TPSA) is 60.2 Å². The van der Waals surface area contributed by atoms with Gasteiger partial charge in [0.1, 0.15) is 16.6 Å². The van der Waals surface area contributed by atoms with Crippen molar-refractivity contribution in [3.05, 3.63) is 52.7 Å². The zero-order valence-corrected chi connectivity index (χ0v) is 13.3. The zero-order chi connectivity index (χ0) is 15.4. The van der Waals surface area contributed by atoms with E-state index < -0.39 is 0 Å². The number of hydrogen-bond acceptors (Lipinski definition) is 4. The first-order valence-electron chi connectivity index (χ1n) is 6.66. The Balaban J connectivity index is 2.30. The highest BCUT2D eigenvalue weighted by Crippen LogP contribution is 2.22. The molecule has 3 N–H and O–H groups in total. The maximum absolute atomic E-state index is 5.82. The number of aryl methyl sites for hydroxylation is 2. The van der Waals surface area contributed by atoms with Gasteiger partial charge in [0.2, 0.25) is 0 Å². The number of aromatic nitrogens is 1. The van der Waals surface area contributed by atoms with Crippen molar-refractivity contribution in [2.24, 2.45) is 5.73 Å². The van der Waals surface area contributed by atoms with Crippen LogP contribution < -0.4 is 15.8 Å². The predicted octanol–water partition coefficient (Wildman–Crippen LogP) is 2.95. The second-order valence-corrected chi connectivity index (χ2v) is 5.27. The number of anilines is 1. The number of benzene rings is 1. The minimum absolute atomic E-state index is 0.350. The van der Waals surface area contributed by atoms with Crippen LogP contribution in [0.3, 0.4) is 0 Å². The van der Waals surface area contributed by atoms with Crippen molar-refractivity contribution in [1.29, 1.82) is 0 Å². The molecule has 0 radical (unpaired) electrons. The number of nitrogens with two attached hydrogens (primary N) is 1. The highest BCUT2D eigenvalue weighted by atomic mass is 32.1. The van der Waals surface area contributed by atoms with Crippen LogP contribution in [-0.2, 0) is 6.54 Å². The van der Waals surface area contributed by atoms with Gasteiger partial charge in [-0.3, -0.25) is 0 Å². The Hall–Kier alpha value is -2.14. The molecule has 0 fully saturated rings. The number of para-hydroxylation sites is 1. The van der Waals surface area contributed by atoms with E-state index in [1.54, 1.807) is 7.11 Å². The van der Waals surface area contributed by atoms with Crippen molar-refractivity contribution in [3.8, 4) is 5.75 Å². The van der Waals surface area contributed by atoms with Gasteiger partial charge in [-0.15, -0.1) is 0 Å². The molecule has 5 heteroatoms. The summed E-state index contributed by atoms with van der Waals surface area (Å²) in [6.45, 7) is 4.53. The number of rotatable bonds is 5. The van der Waals surface area contributed by atoms with Crippen LogP contribution in [0.5, 0.6) is 5.75 Å². The van der Waals surface area contributed by atoms with Gasteiger partial charge in [0.15, 0.2) is 0 Å². The number of methoxy groups -OCH3 is 1. The molecule has 0 aliphatic heterocycles. The summed E-state index contributed by atoms with van der Waals surface area (Å²) in [5.74, 6) is 1.55. The van der Waals surface area contributed by atoms with Gasteiger partial charge in [0, 0.05) is 17.8 Å². The zero-order valence-electron chi connectivity index (χ0n) is 12.4. The summed E-state index contributed by atoms with van der Waals surface area (Å²) in [6, 6.07) is 9.83. The molecule has 1 aromatic heterocycles. The first-order valence-corrected chi connectivity index (χ1v) is 7.07. The number of thiocarbonyl (C=S) groups is 1. The Bertz CT molecular complexity index is 671. The van der Waals surface area contributed by atoms with E-state index >= 15 is 0 Å². The number of nitrogens with one attached hydrogen (secondary N) is 1. The van der Waals surface area contributed by atoms with Gasteiger partial charge in [-0.25, -0.2) is 4.98 Å². The van der Waals surface area contributed by atoms with E-state index in [4.69, 9.17) is 22.7 Å². The largest absolute Gasteiger partial charge is 0.496 e. The highest BCUT2D eigenvalue weighted by Gasteiger charge is 2.12. The number of ether oxygens (including phenoxy) is 1. The minimum Gasteiger partial charge on any atom is -0.496 e. The Morgan fingerprint density at radius 2 is 2.05 bits per heavy atom. The molecule has 0 saturated heterocycles. The van der Waals surface area contributed by atoms with Crippen molar-refractivity contribution in [1.82, 2.24) is 4.98 Å². The molecule has 2 aromatic rings. The van der Waals surface area contributed by atoms with Crippen LogP contribution >= 0.6 is 12.2 Å². The molecular formula is C16H19N3OS. The van der Waals surface area contributed by atoms with Crippen LogP contribution in [0.2, 0.25) is 0 Å². The molecule has 0 saturated carbocycles. The first kappa shape index (κ1) is 15.3. The molecule has 110 valence electrons. The summed E-state index contributed by atoms with van der Waals surface area (Å²) in [7, 11) is 1.66. The summed E-state index contributed by atoms with van der Waals surface area (Å²) in [6.07, 6.45) is 0. The third-order valence-corrected chi connectivity index (χ3v) is 3.43. The smallest absolute Gasteiger partial charge is 0.137 e. The molecule has 0 bridgehead atoms. The fourth-order valence-electron chi connectivity index (χ4n) is 2.30. The van der Waals surface area contributed by atoms with Crippen molar-refractivity contribution < 1.29 is 4.74 Å². The van der Waals surface area contributed by atoms with Crippen LogP contribution in [0.15, 0.2) is 30.3 Å². The van der Waals surface area contributed by atoms with E-state index in [9.17, 15) is 0 Å². The van der Waals surface area contributed by atoms with Crippen molar-refractivity contribution >= 4 is 23.0 Å². The Labute approximate surface area is 130 Å². The van der Waals surface area contributed by atoms with Gasteiger partial charge in [0.05, 0.1) is 12.7 Å². The number of pyridine rings is 1. The summed E-state index contributed by atoms with van der Waals surface area (Å²) < 4.78 is 5.35. The van der Waals surface area contributed by atoms with Gasteiger partial charge >= 0.3 is 0 Å². The summed E-state index contributed by atoms with van der Waals surface area (Å²) in [5.41, 5.74) is 9.62. The second kappa shape index (κ2) is 6.54. The normalized spacial score (nSPS) is 10.2. The van der Waals surface area contributed by atoms with Crippen molar-refractivity contribution in [2.45, 2.75) is 20.4 Å². The molecule has 0 atom stereocenters. The lowest BCUT2D eigenvalue weighted by Crippen LogP contribution is -2.17. The lowest BCUT2D eigenvalue weighted by molar-refractivity contribution is 0.410. The molecule has 0 aliphatic carbocycles. The van der Waals surface area contributed by atoms with Crippen molar-refractivity contribution in [3.63, 3.8) is 0 Å². The fraction of sp³-hybridized carbons (Fsp3) is 0.250. The van der Waals surface area contributed by atoms with E-state index in [1.807, 2.05) is 44.2 Å². The molecule has 0 spiro atoms. The van der Waals surface area contributed by atoms with Crippen LogP contribution in [0.1, 0.15) is 22.4 Å². The highest BCUT2D eigenvalue weighted by molar-refractivity contribution is 7.80. The van der Waals surface area contributed by atoms with Crippen molar-refractivity contribution in [2.75, 3.05) is 12.4 Å². The third kappa shape index (κ3) is 3.49. The molecule has 1 heterocycles. The maximum atomic E-state index is 5.82. The van der Waals surface area contributed by atoms with E-state index in [-0.39, 0.29) is 0 Å². The van der Waals surface area contributed by atoms with E-state index in [0.717, 1.165) is 28.1 Å². The second-order valence-electron chi connectivity index (χ2n) is 4.83. The van der Waals surface area contributed by atoms with Gasteiger partial charge < -0.3 is 15.8 Å². The molecule has 0 unspecified atom stereocenters. The Morgan fingerprint density at radius 1 is 1.33 bits per heavy atom. The molecule has 0 amide bonds. The van der Waals surface area contributed by atoms with E-state index in [2.05, 4.69) is 10.3 Å². The maximum Gasteiger partial charge on any atom is 0.137 e. The number of nitrogens with zero attached hydrogens (tertiary/aromatic N) is 1. The Kier molecular flexibility index (Phi) is 4.75. The fourth-order valence-corrected chi connectivity index (χ4v) is 2.56. The quantitative estimate of drug-likeness (QED) is 0.832. The van der Waals surface area contributed by atoms with Crippen LogP contribution in [0.4, 0.5) is 5.82 Å². The minimum atomic E-state index is 0.350. The number of hydrogen-bond donors (Lipinski definition) is 2. The van der Waals surface area contributed by atoms with Crippen LogP contribution in [0.25, 0.3) is 0 Å². The van der Waals surface area contributed by atoms with Crippen LogP contribution in [0, 0.1) is 13.8 Å². The average Bonchev–Trinajstić information content (AvgIpc) is 2.44. The molecule has 4 nitrogen and oxygen atoms in total. The summed E-state index contributed by atoms with van der Waals surface area (Å²) in [5, 5.41) is 3.31. The monoisotopic (exact) mass is 301 g/mol. The average molecular weight is 301 g/mol. The first-order chi connectivity index (χ1) is 10.0. The van der Waals surface area contributed by atoms with E-state index in [0.29, 0.717) is 17.4 Å². The van der Waals surface area contributed by atoms with Crippen LogP contribution in [-0.4, -0.2) is 17.1 Å². The summed E-state index contributed by atoms with van der Waals surface area (Å²) >= 11 is 5.13. The molecule has 2 rings (SSSR count). The Morgan fingerprint density at radius 3 is 2.71 bits per heavy atom. The summed E-state index contributed by atoms with van der Waals surface area (Å²) in [4.78, 5) is 4.86. The van der Waals surface area contributed by atoms with E-state index in [1.165, 1.54) is 0 Å². The van der Waals surface area contributed by atoms with Gasteiger partial charge in [-0.2, -0.15) is 0 Å². The predicted molar refractivity (Wildman–Crippen MR) is 89.9 cm³/mol. The third-order valence-electron chi connectivity index (χ3n) is 3.23. The van der Waals surface area contributed by atoms with Gasteiger partial charge in [-0.05, 0) is 31.5 Å². The van der Waals surface area contributed by atoms with Gasteiger partial charge in [0.25, 0.3) is 0 Å². The molecule has 0 aliphatic rings.